The van der Waals surface area contributed by atoms with Crippen molar-refractivity contribution in [3.8, 4) is 0 Å². The van der Waals surface area contributed by atoms with Crippen molar-refractivity contribution in [1.82, 2.24) is 0 Å². The number of hydrogen-bond acceptors (Lipinski definition) is 1. The molecule has 94 valence electrons. The van der Waals surface area contributed by atoms with Crippen molar-refractivity contribution < 1.29 is 4.39 Å². The number of halogens is 2. The van der Waals surface area contributed by atoms with Gasteiger partial charge in [0.15, 0.2) is 0 Å². The first-order chi connectivity index (χ1) is 8.09. The third-order valence-electron chi connectivity index (χ3n) is 4.15. The molecule has 17 heavy (non-hydrogen) atoms. The summed E-state index contributed by atoms with van der Waals surface area (Å²) in [4.78, 5) is 0. The van der Waals surface area contributed by atoms with Gasteiger partial charge in [-0.25, -0.2) is 4.39 Å². The minimum absolute atomic E-state index is 0.203. The lowest BCUT2D eigenvalue weighted by Gasteiger charge is -2.39. The summed E-state index contributed by atoms with van der Waals surface area (Å²) >= 11 is 5.86. The fraction of sp³-hybridized carbons (Fsp3) is 0.571. The first-order valence-corrected chi connectivity index (χ1v) is 6.61. The maximum atomic E-state index is 14.1. The van der Waals surface area contributed by atoms with E-state index in [1.165, 1.54) is 0 Å². The molecule has 0 unspecified atom stereocenters. The highest BCUT2D eigenvalue weighted by molar-refractivity contribution is 6.30. The fourth-order valence-electron chi connectivity index (χ4n) is 2.81. The Morgan fingerprint density at radius 3 is 2.65 bits per heavy atom. The van der Waals surface area contributed by atoms with Crippen LogP contribution >= 0.6 is 11.6 Å². The monoisotopic (exact) mass is 255 g/mol. The quantitative estimate of drug-likeness (QED) is 0.853. The summed E-state index contributed by atoms with van der Waals surface area (Å²) in [5.74, 6) is 0.436. The molecule has 0 atom stereocenters. The summed E-state index contributed by atoms with van der Waals surface area (Å²) in [7, 11) is 0. The average molecular weight is 256 g/mol. The molecule has 0 spiro atoms. The summed E-state index contributed by atoms with van der Waals surface area (Å²) in [6, 6.07) is 5.25. The SMILES string of the molecule is CC1CCC(CN)(c2cccc(Cl)c2F)CC1. The van der Waals surface area contributed by atoms with Gasteiger partial charge >= 0.3 is 0 Å². The second-order valence-electron chi connectivity index (χ2n) is 5.27. The van der Waals surface area contributed by atoms with Crippen molar-refractivity contribution in [1.29, 1.82) is 0 Å². The molecule has 1 saturated carbocycles. The van der Waals surface area contributed by atoms with Crippen LogP contribution < -0.4 is 5.73 Å². The number of benzene rings is 1. The molecule has 0 heterocycles. The Morgan fingerprint density at radius 2 is 2.06 bits per heavy atom. The molecule has 1 aliphatic rings. The van der Waals surface area contributed by atoms with E-state index in [1.54, 1.807) is 6.07 Å². The van der Waals surface area contributed by atoms with Crippen LogP contribution in [-0.4, -0.2) is 6.54 Å². The molecule has 2 rings (SSSR count). The van der Waals surface area contributed by atoms with Gasteiger partial charge in [0.2, 0.25) is 0 Å². The first-order valence-electron chi connectivity index (χ1n) is 6.23. The van der Waals surface area contributed by atoms with Crippen LogP contribution in [0.2, 0.25) is 5.02 Å². The molecule has 0 saturated heterocycles. The van der Waals surface area contributed by atoms with Crippen molar-refractivity contribution in [2.45, 2.75) is 38.0 Å². The van der Waals surface area contributed by atoms with Gasteiger partial charge in [0, 0.05) is 12.0 Å². The summed E-state index contributed by atoms with van der Waals surface area (Å²) in [5, 5.41) is 0.203. The van der Waals surface area contributed by atoms with Gasteiger partial charge in [-0.05, 0) is 43.2 Å². The second kappa shape index (κ2) is 4.95. The van der Waals surface area contributed by atoms with Gasteiger partial charge in [-0.3, -0.25) is 0 Å². The molecule has 0 aliphatic heterocycles. The van der Waals surface area contributed by atoms with Gasteiger partial charge in [-0.1, -0.05) is 30.7 Å². The number of nitrogens with two attached hydrogens (primary N) is 1. The van der Waals surface area contributed by atoms with Gasteiger partial charge in [-0.2, -0.15) is 0 Å². The minimum atomic E-state index is -0.283. The van der Waals surface area contributed by atoms with E-state index < -0.39 is 0 Å². The molecular formula is C14H19ClFN. The smallest absolute Gasteiger partial charge is 0.145 e. The maximum absolute atomic E-state index is 14.1. The van der Waals surface area contributed by atoms with E-state index in [0.29, 0.717) is 12.1 Å². The molecule has 0 aromatic heterocycles. The zero-order valence-corrected chi connectivity index (χ0v) is 10.9. The normalized spacial score (nSPS) is 29.3. The Kier molecular flexibility index (Phi) is 3.74. The van der Waals surface area contributed by atoms with Crippen LogP contribution in [0.25, 0.3) is 0 Å². The Hall–Kier alpha value is -0.600. The fourth-order valence-corrected chi connectivity index (χ4v) is 2.99. The third-order valence-corrected chi connectivity index (χ3v) is 4.44. The molecule has 1 aliphatic carbocycles. The third kappa shape index (κ3) is 2.34. The summed E-state index contributed by atoms with van der Waals surface area (Å²) in [6.45, 7) is 2.74. The zero-order valence-electron chi connectivity index (χ0n) is 10.2. The first kappa shape index (κ1) is 12.8. The number of rotatable bonds is 2. The highest BCUT2D eigenvalue weighted by atomic mass is 35.5. The van der Waals surface area contributed by atoms with E-state index in [-0.39, 0.29) is 16.3 Å². The van der Waals surface area contributed by atoms with Crippen LogP contribution in [0.5, 0.6) is 0 Å². The van der Waals surface area contributed by atoms with Gasteiger partial charge in [0.25, 0.3) is 0 Å². The zero-order chi connectivity index (χ0) is 12.5. The van der Waals surface area contributed by atoms with E-state index in [2.05, 4.69) is 6.92 Å². The maximum Gasteiger partial charge on any atom is 0.145 e. The Balaban J connectivity index is 2.38. The molecule has 0 bridgehead atoms. The molecule has 0 amide bonds. The van der Waals surface area contributed by atoms with Gasteiger partial charge in [-0.15, -0.1) is 0 Å². The molecule has 1 nitrogen and oxygen atoms in total. The Labute approximate surface area is 107 Å². The summed E-state index contributed by atoms with van der Waals surface area (Å²) < 4.78 is 14.1. The number of hydrogen-bond donors (Lipinski definition) is 1. The van der Waals surface area contributed by atoms with Crippen molar-refractivity contribution in [3.63, 3.8) is 0 Å². The van der Waals surface area contributed by atoms with Gasteiger partial charge < -0.3 is 5.73 Å². The predicted octanol–water partition coefficient (Wildman–Crippen LogP) is 3.89. The summed E-state index contributed by atoms with van der Waals surface area (Å²) in [5.41, 5.74) is 6.43. The van der Waals surface area contributed by atoms with Gasteiger partial charge in [0.1, 0.15) is 5.82 Å². The molecular weight excluding hydrogens is 237 g/mol. The highest BCUT2D eigenvalue weighted by Crippen LogP contribution is 2.42. The van der Waals surface area contributed by atoms with Crippen LogP contribution in [-0.2, 0) is 5.41 Å². The van der Waals surface area contributed by atoms with E-state index in [4.69, 9.17) is 17.3 Å². The van der Waals surface area contributed by atoms with E-state index >= 15 is 0 Å². The average Bonchev–Trinajstić information content (AvgIpc) is 2.35. The summed E-state index contributed by atoms with van der Waals surface area (Å²) in [6.07, 6.45) is 4.15. The lowest BCUT2D eigenvalue weighted by atomic mass is 9.67. The lowest BCUT2D eigenvalue weighted by molar-refractivity contribution is 0.241. The van der Waals surface area contributed by atoms with Crippen molar-refractivity contribution >= 4 is 11.6 Å². The molecule has 3 heteroatoms. The van der Waals surface area contributed by atoms with E-state index in [0.717, 1.165) is 31.6 Å². The largest absolute Gasteiger partial charge is 0.330 e. The molecule has 2 N–H and O–H groups in total. The standard InChI is InChI=1S/C14H19ClFN/c1-10-5-7-14(9-17,8-6-10)11-3-2-4-12(15)13(11)16/h2-4,10H,5-9,17H2,1H3. The highest BCUT2D eigenvalue weighted by Gasteiger charge is 2.36. The van der Waals surface area contributed by atoms with Crippen LogP contribution in [0.3, 0.4) is 0 Å². The molecule has 1 aromatic rings. The van der Waals surface area contributed by atoms with Crippen molar-refractivity contribution in [2.75, 3.05) is 6.54 Å². The second-order valence-corrected chi connectivity index (χ2v) is 5.68. The molecule has 1 aromatic carbocycles. The van der Waals surface area contributed by atoms with Crippen LogP contribution in [0.1, 0.15) is 38.2 Å². The van der Waals surface area contributed by atoms with Gasteiger partial charge in [0.05, 0.1) is 5.02 Å². The van der Waals surface area contributed by atoms with Crippen LogP contribution in [0.4, 0.5) is 4.39 Å². The predicted molar refractivity (Wildman–Crippen MR) is 69.8 cm³/mol. The lowest BCUT2D eigenvalue weighted by Crippen LogP contribution is -2.39. The van der Waals surface area contributed by atoms with Crippen molar-refractivity contribution in [3.05, 3.63) is 34.6 Å². The van der Waals surface area contributed by atoms with Crippen molar-refractivity contribution in [2.24, 2.45) is 11.7 Å². The molecule has 1 fully saturated rings. The Bertz CT molecular complexity index is 397. The minimum Gasteiger partial charge on any atom is -0.330 e. The molecule has 0 radical (unpaired) electrons. The Morgan fingerprint density at radius 1 is 1.41 bits per heavy atom. The van der Waals surface area contributed by atoms with Crippen LogP contribution in [0.15, 0.2) is 18.2 Å². The topological polar surface area (TPSA) is 26.0 Å². The van der Waals surface area contributed by atoms with E-state index in [9.17, 15) is 4.39 Å². The van der Waals surface area contributed by atoms with Crippen LogP contribution in [0, 0.1) is 11.7 Å². The van der Waals surface area contributed by atoms with E-state index in [1.807, 2.05) is 12.1 Å².